The third-order valence-electron chi connectivity index (χ3n) is 6.65. The van der Waals surface area contributed by atoms with Crippen molar-refractivity contribution in [2.75, 3.05) is 52.5 Å². The van der Waals surface area contributed by atoms with E-state index in [1.54, 1.807) is 0 Å². The Morgan fingerprint density at radius 1 is 0.694 bits per heavy atom. The van der Waals surface area contributed by atoms with Gasteiger partial charge in [-0.1, -0.05) is 60.7 Å². The first-order valence-corrected chi connectivity index (χ1v) is 13.5. The molecule has 3 rings (SSSR count). The molecule has 0 N–H and O–H groups in total. The largest absolute Gasteiger partial charge is 0.465 e. The molecule has 1 aliphatic rings. The van der Waals surface area contributed by atoms with Crippen LogP contribution >= 0.6 is 0 Å². The van der Waals surface area contributed by atoms with Gasteiger partial charge in [0.05, 0.1) is 26.1 Å². The van der Waals surface area contributed by atoms with Crippen molar-refractivity contribution < 1.29 is 19.1 Å². The van der Waals surface area contributed by atoms with E-state index in [2.05, 4.69) is 9.80 Å². The van der Waals surface area contributed by atoms with Gasteiger partial charge in [0.1, 0.15) is 0 Å². The number of hydrogen-bond donors (Lipinski definition) is 0. The van der Waals surface area contributed by atoms with Gasteiger partial charge < -0.3 is 19.3 Å². The highest BCUT2D eigenvalue weighted by Gasteiger charge is 2.14. The second-order valence-electron chi connectivity index (χ2n) is 9.51. The van der Waals surface area contributed by atoms with Gasteiger partial charge in [-0.05, 0) is 63.0 Å². The third-order valence-corrected chi connectivity index (χ3v) is 6.65. The molecule has 0 amide bonds. The van der Waals surface area contributed by atoms with Crippen LogP contribution in [0.5, 0.6) is 0 Å². The van der Waals surface area contributed by atoms with Crippen molar-refractivity contribution in [1.29, 1.82) is 0 Å². The van der Waals surface area contributed by atoms with E-state index in [0.29, 0.717) is 39.1 Å². The summed E-state index contributed by atoms with van der Waals surface area (Å²) in [6, 6.07) is 20.1. The lowest BCUT2D eigenvalue weighted by Crippen LogP contribution is -2.31. The quantitative estimate of drug-likeness (QED) is 0.238. The molecule has 2 aromatic carbocycles. The van der Waals surface area contributed by atoms with Crippen molar-refractivity contribution in [1.82, 2.24) is 9.80 Å². The van der Waals surface area contributed by atoms with E-state index in [9.17, 15) is 9.59 Å². The molecule has 1 heterocycles. The standard InChI is InChI=1S/C30H42N2O4/c33-29(35-25-17-27-11-3-1-4-12-27)15-23-32(22-10-9-21-31-19-7-8-20-31)24-16-30(34)36-26-18-28-13-5-2-6-14-28/h1-6,11-14H,7-10,15-26H2. The predicted octanol–water partition coefficient (Wildman–Crippen LogP) is 4.52. The number of benzene rings is 2. The fourth-order valence-electron chi connectivity index (χ4n) is 4.51. The Hall–Kier alpha value is -2.70. The Kier molecular flexibility index (Phi) is 13.1. The Balaban J connectivity index is 1.35. The molecule has 0 atom stereocenters. The minimum absolute atomic E-state index is 0.182. The van der Waals surface area contributed by atoms with E-state index in [4.69, 9.17) is 9.47 Å². The molecule has 0 bridgehead atoms. The molecule has 2 aromatic rings. The molecule has 0 unspecified atom stereocenters. The summed E-state index contributed by atoms with van der Waals surface area (Å²) < 4.78 is 10.9. The molecular weight excluding hydrogens is 452 g/mol. The zero-order valence-electron chi connectivity index (χ0n) is 21.6. The molecule has 0 spiro atoms. The third kappa shape index (κ3) is 11.8. The maximum atomic E-state index is 12.3. The van der Waals surface area contributed by atoms with Gasteiger partial charge >= 0.3 is 11.9 Å². The summed E-state index contributed by atoms with van der Waals surface area (Å²) in [5.74, 6) is -0.364. The lowest BCUT2D eigenvalue weighted by Gasteiger charge is -2.22. The summed E-state index contributed by atoms with van der Waals surface area (Å²) in [6.07, 6.45) is 6.94. The fraction of sp³-hybridized carbons (Fsp3) is 0.533. The number of hydrogen-bond acceptors (Lipinski definition) is 6. The van der Waals surface area contributed by atoms with E-state index in [1.165, 1.54) is 25.9 Å². The van der Waals surface area contributed by atoms with Crippen LogP contribution in [-0.4, -0.2) is 74.2 Å². The maximum absolute atomic E-state index is 12.3. The Labute approximate surface area is 216 Å². The van der Waals surface area contributed by atoms with Crippen molar-refractivity contribution >= 4 is 11.9 Å². The van der Waals surface area contributed by atoms with Crippen LogP contribution in [0.15, 0.2) is 60.7 Å². The van der Waals surface area contributed by atoms with Gasteiger partial charge in [-0.2, -0.15) is 0 Å². The number of rotatable bonds is 17. The van der Waals surface area contributed by atoms with Crippen LogP contribution in [0.3, 0.4) is 0 Å². The maximum Gasteiger partial charge on any atom is 0.307 e. The summed E-state index contributed by atoms with van der Waals surface area (Å²) in [4.78, 5) is 29.4. The number of unbranched alkanes of at least 4 members (excludes halogenated alkanes) is 1. The smallest absolute Gasteiger partial charge is 0.307 e. The molecule has 0 aromatic heterocycles. The molecule has 36 heavy (non-hydrogen) atoms. The molecular formula is C30H42N2O4. The Morgan fingerprint density at radius 2 is 1.19 bits per heavy atom. The van der Waals surface area contributed by atoms with Crippen molar-refractivity contribution in [3.8, 4) is 0 Å². The lowest BCUT2D eigenvalue weighted by molar-refractivity contribution is -0.144. The van der Waals surface area contributed by atoms with Crippen molar-refractivity contribution in [3.05, 3.63) is 71.8 Å². The fourth-order valence-corrected chi connectivity index (χ4v) is 4.51. The topological polar surface area (TPSA) is 59.1 Å². The summed E-state index contributed by atoms with van der Waals surface area (Å²) in [6.45, 7) is 6.44. The zero-order valence-corrected chi connectivity index (χ0v) is 21.6. The summed E-state index contributed by atoms with van der Waals surface area (Å²) in [5.41, 5.74) is 2.33. The van der Waals surface area contributed by atoms with Crippen molar-refractivity contribution in [2.24, 2.45) is 0 Å². The summed E-state index contributed by atoms with van der Waals surface area (Å²) >= 11 is 0. The number of likely N-dealkylation sites (tertiary alicyclic amines) is 1. The van der Waals surface area contributed by atoms with Crippen LogP contribution in [0.2, 0.25) is 0 Å². The highest BCUT2D eigenvalue weighted by atomic mass is 16.5. The minimum Gasteiger partial charge on any atom is -0.465 e. The Morgan fingerprint density at radius 3 is 1.69 bits per heavy atom. The van der Waals surface area contributed by atoms with Crippen LogP contribution in [0.4, 0.5) is 0 Å². The molecule has 196 valence electrons. The summed E-state index contributed by atoms with van der Waals surface area (Å²) in [7, 11) is 0. The molecule has 1 fully saturated rings. The first-order chi connectivity index (χ1) is 17.7. The molecule has 0 saturated carbocycles. The van der Waals surface area contributed by atoms with Gasteiger partial charge in [0.2, 0.25) is 0 Å². The highest BCUT2D eigenvalue weighted by Crippen LogP contribution is 2.09. The first-order valence-electron chi connectivity index (χ1n) is 13.5. The average Bonchev–Trinajstić information content (AvgIpc) is 3.42. The normalized spacial score (nSPS) is 13.7. The van der Waals surface area contributed by atoms with Crippen LogP contribution < -0.4 is 0 Å². The first kappa shape index (κ1) is 27.9. The van der Waals surface area contributed by atoms with E-state index >= 15 is 0 Å². The molecule has 0 radical (unpaired) electrons. The number of carbonyl (C=O) groups excluding carboxylic acids is 2. The SMILES string of the molecule is O=C(CCN(CCCCN1CCCC1)CCC(=O)OCCc1ccccc1)OCCc1ccccc1. The number of nitrogens with zero attached hydrogens (tertiary/aromatic N) is 2. The van der Waals surface area contributed by atoms with E-state index in [-0.39, 0.29) is 11.9 Å². The second-order valence-corrected chi connectivity index (χ2v) is 9.51. The van der Waals surface area contributed by atoms with Gasteiger partial charge in [-0.15, -0.1) is 0 Å². The van der Waals surface area contributed by atoms with Gasteiger partial charge in [-0.3, -0.25) is 9.59 Å². The lowest BCUT2D eigenvalue weighted by atomic mass is 10.2. The number of ether oxygens (including phenoxy) is 2. The van der Waals surface area contributed by atoms with Crippen LogP contribution in [0.25, 0.3) is 0 Å². The minimum atomic E-state index is -0.182. The predicted molar refractivity (Wildman–Crippen MR) is 143 cm³/mol. The number of esters is 2. The number of carbonyl (C=O) groups is 2. The van der Waals surface area contributed by atoms with Gasteiger partial charge in [-0.25, -0.2) is 0 Å². The van der Waals surface area contributed by atoms with Crippen LogP contribution in [-0.2, 0) is 31.9 Å². The van der Waals surface area contributed by atoms with Gasteiger partial charge in [0.25, 0.3) is 0 Å². The zero-order chi connectivity index (χ0) is 25.3. The molecule has 1 saturated heterocycles. The van der Waals surface area contributed by atoms with Gasteiger partial charge in [0, 0.05) is 25.9 Å². The monoisotopic (exact) mass is 494 g/mol. The average molecular weight is 495 g/mol. The van der Waals surface area contributed by atoms with Crippen LogP contribution in [0, 0.1) is 0 Å². The molecule has 6 heteroatoms. The van der Waals surface area contributed by atoms with Gasteiger partial charge in [0.15, 0.2) is 0 Å². The Bertz CT molecular complexity index is 808. The van der Waals surface area contributed by atoms with Crippen molar-refractivity contribution in [2.45, 2.75) is 51.4 Å². The van der Waals surface area contributed by atoms with Crippen molar-refractivity contribution in [3.63, 3.8) is 0 Å². The second kappa shape index (κ2) is 16.9. The summed E-state index contributed by atoms with van der Waals surface area (Å²) in [5, 5.41) is 0. The molecule has 1 aliphatic heterocycles. The molecule has 6 nitrogen and oxygen atoms in total. The van der Waals surface area contributed by atoms with E-state index in [1.807, 2.05) is 60.7 Å². The van der Waals surface area contributed by atoms with E-state index in [0.717, 1.165) is 49.9 Å². The van der Waals surface area contributed by atoms with Crippen LogP contribution in [0.1, 0.15) is 49.7 Å². The van der Waals surface area contributed by atoms with E-state index < -0.39 is 0 Å². The molecule has 0 aliphatic carbocycles. The highest BCUT2D eigenvalue weighted by molar-refractivity contribution is 5.70.